The van der Waals surface area contributed by atoms with Gasteiger partial charge in [0.2, 0.25) is 0 Å². The second kappa shape index (κ2) is 15.0. The van der Waals surface area contributed by atoms with Crippen LogP contribution in [0.3, 0.4) is 0 Å². The van der Waals surface area contributed by atoms with Crippen LogP contribution in [-0.2, 0) is 50.1 Å². The molecule has 1 aliphatic rings. The zero-order chi connectivity index (χ0) is 29.1. The van der Waals surface area contributed by atoms with Crippen molar-refractivity contribution in [3.63, 3.8) is 0 Å². The standard InChI is InChI=1S/C34H36NO7/c1-25-31(38-21-26-11-5-2-6-12-26)32(39-22-27-13-7-3-8-14-27)33(40-23-28-15-9-4-10-16-28)34(42-25)41-24-29-17-19-30(20-18-29)35(36)37/h2-20,25,31-34,36H,21-24H2,1H3/q-1/t25-,31-,32-,33+,34+/m0/s1. The molecule has 8 heteroatoms. The van der Waals surface area contributed by atoms with E-state index in [2.05, 4.69) is 0 Å². The monoisotopic (exact) mass is 570 g/mol. The summed E-state index contributed by atoms with van der Waals surface area (Å²) < 4.78 is 32.3. The molecule has 0 spiro atoms. The summed E-state index contributed by atoms with van der Waals surface area (Å²) in [7, 11) is 0. The molecule has 0 bridgehead atoms. The van der Waals surface area contributed by atoms with Crippen LogP contribution in [0.5, 0.6) is 0 Å². The van der Waals surface area contributed by atoms with Gasteiger partial charge >= 0.3 is 0 Å². The lowest BCUT2D eigenvalue weighted by Crippen LogP contribution is -2.60. The third-order valence-corrected chi connectivity index (χ3v) is 7.15. The lowest BCUT2D eigenvalue weighted by Gasteiger charge is -2.45. The van der Waals surface area contributed by atoms with E-state index >= 15 is 0 Å². The summed E-state index contributed by atoms with van der Waals surface area (Å²) >= 11 is 0. The van der Waals surface area contributed by atoms with Gasteiger partial charge in [-0.25, -0.2) is 0 Å². The van der Waals surface area contributed by atoms with Crippen molar-refractivity contribution in [1.82, 2.24) is 0 Å². The molecule has 1 N–H and O–H groups in total. The summed E-state index contributed by atoms with van der Waals surface area (Å²) in [6.45, 7) is 3.26. The predicted molar refractivity (Wildman–Crippen MR) is 158 cm³/mol. The summed E-state index contributed by atoms with van der Waals surface area (Å²) in [4.78, 5) is 0. The van der Waals surface area contributed by atoms with Gasteiger partial charge in [-0.1, -0.05) is 103 Å². The highest BCUT2D eigenvalue weighted by Crippen LogP contribution is 2.31. The minimum atomic E-state index is -0.755. The first kappa shape index (κ1) is 29.9. The summed E-state index contributed by atoms with van der Waals surface area (Å²) in [6, 6.07) is 36.4. The van der Waals surface area contributed by atoms with Crippen LogP contribution in [0.4, 0.5) is 5.69 Å². The Hall–Kier alpha value is -3.60. The van der Waals surface area contributed by atoms with E-state index in [1.165, 1.54) is 12.1 Å². The van der Waals surface area contributed by atoms with E-state index in [0.717, 1.165) is 22.3 Å². The average molecular weight is 571 g/mol. The largest absolute Gasteiger partial charge is 0.733 e. The van der Waals surface area contributed by atoms with Crippen LogP contribution >= 0.6 is 0 Å². The van der Waals surface area contributed by atoms with Crippen LogP contribution < -0.4 is 5.23 Å². The molecule has 0 unspecified atom stereocenters. The molecule has 8 nitrogen and oxygen atoms in total. The number of hydrogen-bond donors (Lipinski definition) is 1. The summed E-state index contributed by atoms with van der Waals surface area (Å²) in [6.07, 6.45) is -2.66. The first-order valence-corrected chi connectivity index (χ1v) is 14.1. The van der Waals surface area contributed by atoms with Crippen molar-refractivity contribution in [2.75, 3.05) is 5.23 Å². The second-order valence-electron chi connectivity index (χ2n) is 10.2. The minimum Gasteiger partial charge on any atom is -0.733 e. The summed E-state index contributed by atoms with van der Waals surface area (Å²) in [5.74, 6) is 0. The fraction of sp³-hybridized carbons (Fsp3) is 0.294. The van der Waals surface area contributed by atoms with Gasteiger partial charge < -0.3 is 34.1 Å². The van der Waals surface area contributed by atoms with Crippen LogP contribution in [0.2, 0.25) is 0 Å². The Labute approximate surface area is 246 Å². The Morgan fingerprint density at radius 2 is 0.976 bits per heavy atom. The highest BCUT2D eigenvalue weighted by Gasteiger charge is 2.47. The first-order chi connectivity index (χ1) is 20.6. The third-order valence-electron chi connectivity index (χ3n) is 7.15. The smallest absolute Gasteiger partial charge is 0.187 e. The van der Waals surface area contributed by atoms with E-state index in [4.69, 9.17) is 28.9 Å². The fourth-order valence-electron chi connectivity index (χ4n) is 4.90. The lowest BCUT2D eigenvalue weighted by atomic mass is 9.98. The fourth-order valence-corrected chi connectivity index (χ4v) is 4.90. The molecule has 0 saturated carbocycles. The molecule has 1 fully saturated rings. The maximum absolute atomic E-state index is 11.2. The maximum atomic E-state index is 11.2. The zero-order valence-corrected chi connectivity index (χ0v) is 23.5. The van der Waals surface area contributed by atoms with Gasteiger partial charge in [0.15, 0.2) is 6.29 Å². The van der Waals surface area contributed by atoms with E-state index in [0.29, 0.717) is 19.8 Å². The molecule has 5 atom stereocenters. The van der Waals surface area contributed by atoms with Crippen LogP contribution in [0, 0.1) is 5.21 Å². The number of ether oxygens (including phenoxy) is 5. The maximum Gasteiger partial charge on any atom is 0.187 e. The highest BCUT2D eigenvalue weighted by molar-refractivity contribution is 5.45. The second-order valence-corrected chi connectivity index (χ2v) is 10.2. The van der Waals surface area contributed by atoms with Crippen molar-refractivity contribution in [2.45, 2.75) is 64.1 Å². The molecule has 42 heavy (non-hydrogen) atoms. The molecule has 0 radical (unpaired) electrons. The lowest BCUT2D eigenvalue weighted by molar-refractivity contribution is -0.322. The van der Waals surface area contributed by atoms with Gasteiger partial charge in [-0.2, -0.15) is 0 Å². The van der Waals surface area contributed by atoms with Crippen molar-refractivity contribution < 1.29 is 28.9 Å². The number of rotatable bonds is 13. The molecule has 0 aliphatic carbocycles. The molecule has 1 aliphatic heterocycles. The summed E-state index contributed by atoms with van der Waals surface area (Å²) in [5.41, 5.74) is 4.05. The minimum absolute atomic E-state index is 0.137. The van der Waals surface area contributed by atoms with E-state index in [1.807, 2.05) is 97.9 Å². The third kappa shape index (κ3) is 8.24. The quantitative estimate of drug-likeness (QED) is 0.185. The van der Waals surface area contributed by atoms with Gasteiger partial charge in [0, 0.05) is 0 Å². The Bertz CT molecular complexity index is 1320. The molecule has 0 amide bonds. The SMILES string of the molecule is C[C@@H]1O[C@@H](OCc2ccc(N([O-])O)cc2)[C@H](OCc2ccccc2)[C@@H](OCc2ccccc2)[C@H]1OCc1ccccc1. The Kier molecular flexibility index (Phi) is 10.7. The molecule has 220 valence electrons. The van der Waals surface area contributed by atoms with Crippen molar-refractivity contribution >= 4 is 5.69 Å². The molecule has 4 aromatic carbocycles. The van der Waals surface area contributed by atoms with Crippen LogP contribution in [0.15, 0.2) is 115 Å². The Balaban J connectivity index is 1.38. The Morgan fingerprint density at radius 3 is 1.45 bits per heavy atom. The van der Waals surface area contributed by atoms with Crippen LogP contribution in [0.25, 0.3) is 0 Å². The van der Waals surface area contributed by atoms with Gasteiger partial charge in [0.25, 0.3) is 0 Å². The van der Waals surface area contributed by atoms with Gasteiger partial charge in [-0.15, -0.1) is 0 Å². The van der Waals surface area contributed by atoms with Crippen molar-refractivity contribution in [2.24, 2.45) is 0 Å². The molecule has 1 saturated heterocycles. The van der Waals surface area contributed by atoms with Crippen molar-refractivity contribution in [3.05, 3.63) is 143 Å². The molecule has 0 aromatic heterocycles. The van der Waals surface area contributed by atoms with E-state index < -0.39 is 24.6 Å². The number of nitrogens with zero attached hydrogens (tertiary/aromatic N) is 1. The normalized spacial score (nSPS) is 22.1. The van der Waals surface area contributed by atoms with Crippen LogP contribution in [-0.4, -0.2) is 35.9 Å². The van der Waals surface area contributed by atoms with Gasteiger partial charge in [0.1, 0.15) is 18.3 Å². The summed E-state index contributed by atoms with van der Waals surface area (Å²) in [5, 5.41) is 20.2. The number of anilines is 1. The predicted octanol–water partition coefficient (Wildman–Crippen LogP) is 6.40. The molecule has 1 heterocycles. The molecule has 4 aromatic rings. The van der Waals surface area contributed by atoms with Gasteiger partial charge in [-0.05, 0) is 41.3 Å². The topological polar surface area (TPSA) is 92.7 Å². The van der Waals surface area contributed by atoms with E-state index in [9.17, 15) is 5.21 Å². The van der Waals surface area contributed by atoms with E-state index in [1.54, 1.807) is 12.1 Å². The van der Waals surface area contributed by atoms with Crippen LogP contribution in [0.1, 0.15) is 29.2 Å². The number of benzene rings is 4. The van der Waals surface area contributed by atoms with E-state index in [-0.39, 0.29) is 23.6 Å². The van der Waals surface area contributed by atoms with Crippen molar-refractivity contribution in [3.8, 4) is 0 Å². The molecule has 5 rings (SSSR count). The van der Waals surface area contributed by atoms with Gasteiger partial charge in [-0.3, -0.25) is 5.21 Å². The number of hydrogen-bond acceptors (Lipinski definition) is 8. The average Bonchev–Trinajstić information content (AvgIpc) is 3.03. The Morgan fingerprint density at radius 1 is 0.571 bits per heavy atom. The molecular weight excluding hydrogens is 534 g/mol. The first-order valence-electron chi connectivity index (χ1n) is 14.1. The highest BCUT2D eigenvalue weighted by atomic mass is 16.8. The zero-order valence-electron chi connectivity index (χ0n) is 23.5. The molecular formula is C34H36NO7-. The van der Waals surface area contributed by atoms with Crippen molar-refractivity contribution in [1.29, 1.82) is 0 Å². The van der Waals surface area contributed by atoms with Gasteiger partial charge in [0.05, 0.1) is 38.2 Å².